The third-order valence-corrected chi connectivity index (χ3v) is 7.98. The van der Waals surface area contributed by atoms with Gasteiger partial charge in [0.05, 0.1) is 105 Å². The number of carbonyl (C=O) groups is 16. The van der Waals surface area contributed by atoms with Crippen LogP contribution in [0.3, 0.4) is 0 Å². The molecular formula is C35H56N16O20. The normalized spacial score (nSPS) is 11.4. The van der Waals surface area contributed by atoms with E-state index in [0.717, 1.165) is 0 Å². The van der Waals surface area contributed by atoms with Gasteiger partial charge in [0.1, 0.15) is 18.1 Å². The highest BCUT2D eigenvalue weighted by Crippen LogP contribution is 1.87. The van der Waals surface area contributed by atoms with Gasteiger partial charge in [-0.25, -0.2) is 4.79 Å². The number of aliphatic carboxylic acids is 1. The molecule has 0 aromatic carbocycles. The third-order valence-electron chi connectivity index (χ3n) is 7.98. The van der Waals surface area contributed by atoms with E-state index < -0.39 is 211 Å². The minimum Gasteiger partial charge on any atom is -0.480 e. The van der Waals surface area contributed by atoms with Gasteiger partial charge in [0.2, 0.25) is 88.6 Å². The molecule has 0 bridgehead atoms. The number of nitrogens with one attached hydrogen (secondary N) is 15. The zero-order valence-corrected chi connectivity index (χ0v) is 37.4. The van der Waals surface area contributed by atoms with Crippen LogP contribution in [0.15, 0.2) is 0 Å². The van der Waals surface area contributed by atoms with Gasteiger partial charge in [-0.15, -0.1) is 0 Å². The summed E-state index contributed by atoms with van der Waals surface area (Å²) in [5.41, 5.74) is 5.08. The van der Waals surface area contributed by atoms with Crippen LogP contribution in [-0.2, 0) is 76.7 Å². The molecule has 0 aliphatic rings. The fraction of sp³-hybridized carbons (Fsp3) is 0.543. The molecule has 0 saturated carbocycles. The first-order valence-electron chi connectivity index (χ1n) is 20.4. The summed E-state index contributed by atoms with van der Waals surface area (Å²) in [7, 11) is 0. The van der Waals surface area contributed by atoms with Crippen molar-refractivity contribution in [1.82, 2.24) is 79.8 Å². The molecule has 0 aromatic rings. The Morgan fingerprint density at radius 3 is 0.662 bits per heavy atom. The lowest BCUT2D eigenvalue weighted by Gasteiger charge is -2.16. The van der Waals surface area contributed by atoms with Crippen LogP contribution < -0.4 is 85.5 Å². The number of carbonyl (C=O) groups excluding carboxylic acids is 15. The first-order valence-corrected chi connectivity index (χ1v) is 20.4. The third kappa shape index (κ3) is 31.1. The number of carboxylic acid groups (broad SMARTS) is 1. The molecule has 0 aliphatic carbocycles. The van der Waals surface area contributed by atoms with E-state index in [4.69, 9.17) is 15.9 Å². The quantitative estimate of drug-likeness (QED) is 0.0285. The predicted octanol–water partition coefficient (Wildman–Crippen LogP) is -16.1. The van der Waals surface area contributed by atoms with E-state index in [1.54, 1.807) is 0 Å². The van der Waals surface area contributed by atoms with Crippen molar-refractivity contribution in [1.29, 1.82) is 0 Å². The lowest BCUT2D eigenvalue weighted by atomic mass is 10.3. The molecule has 0 aliphatic heterocycles. The molecular weight excluding hydrogens is 964 g/mol. The maximum Gasteiger partial charge on any atom is 0.328 e. The molecule has 36 nitrogen and oxygen atoms in total. The van der Waals surface area contributed by atoms with Crippen LogP contribution in [0.4, 0.5) is 0 Å². The van der Waals surface area contributed by atoms with Crippen LogP contribution >= 0.6 is 0 Å². The summed E-state index contributed by atoms with van der Waals surface area (Å²) >= 11 is 0. The van der Waals surface area contributed by atoms with Crippen molar-refractivity contribution in [3.63, 3.8) is 0 Å². The number of amides is 15. The van der Waals surface area contributed by atoms with E-state index >= 15 is 0 Å². The minimum atomic E-state index is -1.62. The van der Waals surface area contributed by atoms with Gasteiger partial charge in [0, 0.05) is 0 Å². The van der Waals surface area contributed by atoms with E-state index in [9.17, 15) is 86.9 Å². The fourth-order valence-corrected chi connectivity index (χ4v) is 4.31. The highest BCUT2D eigenvalue weighted by molar-refractivity contribution is 5.96. The maximum atomic E-state index is 12.4. The number of aliphatic hydroxyl groups is 3. The molecule has 0 heterocycles. The Kier molecular flexibility index (Phi) is 31.2. The molecule has 0 unspecified atom stereocenters. The molecule has 0 spiro atoms. The Bertz CT molecular complexity index is 1970. The van der Waals surface area contributed by atoms with Crippen molar-refractivity contribution < 1.29 is 97.1 Å². The van der Waals surface area contributed by atoms with Gasteiger partial charge in [0.15, 0.2) is 0 Å². The van der Waals surface area contributed by atoms with Crippen molar-refractivity contribution in [2.24, 2.45) is 5.73 Å². The monoisotopic (exact) mass is 1020 g/mol. The van der Waals surface area contributed by atoms with Crippen LogP contribution in [0.1, 0.15) is 0 Å². The maximum absolute atomic E-state index is 12.4. The molecule has 36 heteroatoms. The standard InChI is InChI=1S/C35H56N16O20/c36-1-20(55)37-2-21(56)38-6-25(60)44-11-30(65)49-17(14-52)33(68)48-10-29(64)43-5-24(59)41-7-26(61)45-12-31(66)50-18(15-53)34(69)47-9-28(63)42-4-23(58)39-3-22(57)40-8-27(62)46-13-32(67)51-19(16-54)35(70)71/h17-19,52-54H,1-16,36H2,(H,37,55)(H,38,56)(H,39,58)(H,40,57)(H,41,59)(H,42,63)(H,43,64)(H,44,60)(H,45,61)(H,46,62)(H,47,69)(H,48,68)(H,49,65)(H,50,66)(H,51,67)(H,70,71)/t17-,18-,19-/m0/s1. The van der Waals surface area contributed by atoms with E-state index in [-0.39, 0.29) is 6.54 Å². The molecule has 0 aromatic heterocycles. The van der Waals surface area contributed by atoms with Crippen LogP contribution in [0.2, 0.25) is 0 Å². The highest BCUT2D eigenvalue weighted by Gasteiger charge is 2.23. The number of carboxylic acids is 1. The second-order valence-electron chi connectivity index (χ2n) is 13.7. The Morgan fingerprint density at radius 1 is 0.282 bits per heavy atom. The number of nitrogens with two attached hydrogens (primary N) is 1. The van der Waals surface area contributed by atoms with Crippen molar-refractivity contribution in [3.8, 4) is 0 Å². The predicted molar refractivity (Wildman–Crippen MR) is 230 cm³/mol. The zero-order valence-electron chi connectivity index (χ0n) is 37.4. The first kappa shape index (κ1) is 62.4. The topological polar surface area (TPSA) is 561 Å². The summed E-state index contributed by atoms with van der Waals surface area (Å²) in [5, 5.41) is 68.1. The van der Waals surface area contributed by atoms with E-state index in [2.05, 4.69) is 74.4 Å². The molecule has 0 rings (SSSR count). The van der Waals surface area contributed by atoms with Crippen molar-refractivity contribution in [3.05, 3.63) is 0 Å². The summed E-state index contributed by atoms with van der Waals surface area (Å²) in [6.45, 7) is -11.2. The van der Waals surface area contributed by atoms with Crippen molar-refractivity contribution >= 4 is 94.6 Å². The van der Waals surface area contributed by atoms with Crippen LogP contribution in [0.5, 0.6) is 0 Å². The van der Waals surface area contributed by atoms with E-state index in [1.807, 2.05) is 5.32 Å². The van der Waals surface area contributed by atoms with Crippen LogP contribution in [0.25, 0.3) is 0 Å². The lowest BCUT2D eigenvalue weighted by molar-refractivity contribution is -0.143. The second kappa shape index (κ2) is 35.5. The molecule has 0 radical (unpaired) electrons. The van der Waals surface area contributed by atoms with Gasteiger partial charge in [-0.3, -0.25) is 71.9 Å². The van der Waals surface area contributed by atoms with Crippen LogP contribution in [0, 0.1) is 0 Å². The second-order valence-corrected chi connectivity index (χ2v) is 13.7. The van der Waals surface area contributed by atoms with E-state index in [0.29, 0.717) is 0 Å². The SMILES string of the molecule is NCC(=O)NCC(=O)NCC(=O)NCC(=O)N[C@@H](CO)C(=O)NCC(=O)NCC(=O)NCC(=O)NCC(=O)N[C@@H](CO)C(=O)NCC(=O)NCC(=O)NCC(=O)NCC(=O)NCC(=O)N[C@@H](CO)C(=O)O. The molecule has 0 fully saturated rings. The van der Waals surface area contributed by atoms with Gasteiger partial charge >= 0.3 is 5.97 Å². The zero-order chi connectivity index (χ0) is 53.9. The lowest BCUT2D eigenvalue weighted by Crippen LogP contribution is -2.53. The first-order chi connectivity index (χ1) is 33.5. The average Bonchev–Trinajstić information content (AvgIpc) is 3.34. The van der Waals surface area contributed by atoms with Gasteiger partial charge < -0.3 is 106 Å². The smallest absolute Gasteiger partial charge is 0.328 e. The molecule has 0 saturated heterocycles. The summed E-state index contributed by atoms with van der Waals surface area (Å²) in [5.74, 6) is -14.9. The summed E-state index contributed by atoms with van der Waals surface area (Å²) in [6.07, 6.45) is 0. The summed E-state index contributed by atoms with van der Waals surface area (Å²) in [6, 6.07) is -4.78. The number of hydrogen-bond acceptors (Lipinski definition) is 20. The van der Waals surface area contributed by atoms with E-state index in [1.165, 1.54) is 0 Å². The molecule has 21 N–H and O–H groups in total. The van der Waals surface area contributed by atoms with Gasteiger partial charge in [0.25, 0.3) is 0 Å². The molecule has 3 atom stereocenters. The Morgan fingerprint density at radius 2 is 0.465 bits per heavy atom. The number of rotatable bonds is 34. The van der Waals surface area contributed by atoms with Gasteiger partial charge in [-0.2, -0.15) is 0 Å². The minimum absolute atomic E-state index is 0.352. The highest BCUT2D eigenvalue weighted by atomic mass is 16.4. The molecule has 71 heavy (non-hydrogen) atoms. The fourth-order valence-electron chi connectivity index (χ4n) is 4.31. The average molecular weight is 1020 g/mol. The molecule has 396 valence electrons. The number of hydrogen-bond donors (Lipinski definition) is 20. The Balaban J connectivity index is 4.36. The van der Waals surface area contributed by atoms with Crippen LogP contribution in [-0.4, -0.2) is 238 Å². The Labute approximate surface area is 399 Å². The van der Waals surface area contributed by atoms with Crippen molar-refractivity contribution in [2.75, 3.05) is 105 Å². The summed E-state index contributed by atoms with van der Waals surface area (Å²) < 4.78 is 0. The van der Waals surface area contributed by atoms with Gasteiger partial charge in [-0.1, -0.05) is 0 Å². The van der Waals surface area contributed by atoms with Crippen molar-refractivity contribution in [2.45, 2.75) is 18.1 Å². The van der Waals surface area contributed by atoms with Gasteiger partial charge in [-0.05, 0) is 0 Å². The molecule has 15 amide bonds. The number of aliphatic hydroxyl groups excluding tert-OH is 3. The largest absolute Gasteiger partial charge is 0.480 e. The summed E-state index contributed by atoms with van der Waals surface area (Å²) in [4.78, 5) is 190. The Hall–Kier alpha value is -8.64.